The number of rotatable bonds is 4. The monoisotopic (exact) mass is 297 g/mol. The summed E-state index contributed by atoms with van der Waals surface area (Å²) < 4.78 is 0. The highest BCUT2D eigenvalue weighted by molar-refractivity contribution is 7.13. The first-order chi connectivity index (χ1) is 10.2. The summed E-state index contributed by atoms with van der Waals surface area (Å²) in [6, 6.07) is 16.6. The van der Waals surface area contributed by atoms with Crippen LogP contribution in [0.25, 0.3) is 10.6 Å². The normalized spacial score (nSPS) is 12.2. The maximum absolute atomic E-state index is 10.2. The Kier molecular flexibility index (Phi) is 3.99. The second kappa shape index (κ2) is 6.08. The summed E-state index contributed by atoms with van der Waals surface area (Å²) in [5.41, 5.74) is 2.64. The fourth-order valence-corrected chi connectivity index (χ4v) is 2.99. The number of hydrogen-bond donors (Lipinski definition) is 2. The lowest BCUT2D eigenvalue weighted by atomic mass is 10.1. The lowest BCUT2D eigenvalue weighted by molar-refractivity contribution is 0.177. The molecule has 3 rings (SSSR count). The van der Waals surface area contributed by atoms with Gasteiger partial charge in [-0.2, -0.15) is 0 Å². The smallest absolute Gasteiger partial charge is 0.123 e. The van der Waals surface area contributed by atoms with Crippen molar-refractivity contribution in [2.75, 3.05) is 0 Å². The lowest BCUT2D eigenvalue weighted by Crippen LogP contribution is -2.01. The van der Waals surface area contributed by atoms with Crippen LogP contribution in [-0.2, 0) is 6.42 Å². The maximum atomic E-state index is 10.2. The summed E-state index contributed by atoms with van der Waals surface area (Å²) in [6.07, 6.45) is -0.0652. The van der Waals surface area contributed by atoms with Gasteiger partial charge >= 0.3 is 0 Å². The summed E-state index contributed by atoms with van der Waals surface area (Å²) in [4.78, 5) is 4.53. The third-order valence-electron chi connectivity index (χ3n) is 3.23. The van der Waals surface area contributed by atoms with Gasteiger partial charge in [-0.3, -0.25) is 0 Å². The van der Waals surface area contributed by atoms with Crippen LogP contribution in [0, 0.1) is 0 Å². The SMILES string of the molecule is Oc1cccc(-c2nc(CC(O)c3ccccc3)cs2)c1. The quantitative estimate of drug-likeness (QED) is 0.770. The van der Waals surface area contributed by atoms with E-state index in [1.54, 1.807) is 18.2 Å². The van der Waals surface area contributed by atoms with Crippen molar-refractivity contribution in [2.45, 2.75) is 12.5 Å². The van der Waals surface area contributed by atoms with Crippen LogP contribution in [-0.4, -0.2) is 15.2 Å². The van der Waals surface area contributed by atoms with Crippen molar-refractivity contribution in [1.29, 1.82) is 0 Å². The molecule has 0 amide bonds. The maximum Gasteiger partial charge on any atom is 0.123 e. The first kappa shape index (κ1) is 13.8. The van der Waals surface area contributed by atoms with Crippen LogP contribution in [0.3, 0.4) is 0 Å². The first-order valence-corrected chi connectivity index (χ1v) is 7.57. The number of hydrogen-bond acceptors (Lipinski definition) is 4. The van der Waals surface area contributed by atoms with Crippen LogP contribution in [0.5, 0.6) is 5.75 Å². The van der Waals surface area contributed by atoms with Crippen molar-refractivity contribution in [3.8, 4) is 16.3 Å². The number of phenolic OH excluding ortho intramolecular Hbond substituents is 1. The van der Waals surface area contributed by atoms with Crippen molar-refractivity contribution in [3.05, 3.63) is 71.2 Å². The number of aromatic hydroxyl groups is 1. The van der Waals surface area contributed by atoms with Gasteiger partial charge in [0.05, 0.1) is 11.8 Å². The van der Waals surface area contributed by atoms with Crippen LogP contribution in [0.1, 0.15) is 17.4 Å². The van der Waals surface area contributed by atoms with Gasteiger partial charge in [0.25, 0.3) is 0 Å². The van der Waals surface area contributed by atoms with Crippen molar-refractivity contribution < 1.29 is 10.2 Å². The van der Waals surface area contributed by atoms with Crippen LogP contribution in [0.2, 0.25) is 0 Å². The van der Waals surface area contributed by atoms with Gasteiger partial charge in [-0.1, -0.05) is 42.5 Å². The standard InChI is InChI=1S/C17H15NO2S/c19-15-8-4-7-13(9-15)17-18-14(11-21-17)10-16(20)12-5-2-1-3-6-12/h1-9,11,16,19-20H,10H2. The van der Waals surface area contributed by atoms with E-state index in [0.29, 0.717) is 6.42 Å². The molecule has 2 aromatic carbocycles. The Morgan fingerprint density at radius 1 is 1.05 bits per heavy atom. The van der Waals surface area contributed by atoms with Crippen LogP contribution < -0.4 is 0 Å². The largest absolute Gasteiger partial charge is 0.508 e. The predicted octanol–water partition coefficient (Wildman–Crippen LogP) is 3.79. The molecular weight excluding hydrogens is 282 g/mol. The topological polar surface area (TPSA) is 53.4 Å². The van der Waals surface area contributed by atoms with Gasteiger partial charge in [-0.25, -0.2) is 4.98 Å². The molecule has 0 saturated heterocycles. The van der Waals surface area contributed by atoms with Gasteiger partial charge < -0.3 is 10.2 Å². The molecule has 0 saturated carbocycles. The van der Waals surface area contributed by atoms with Crippen LogP contribution in [0.15, 0.2) is 60.0 Å². The minimum atomic E-state index is -0.551. The summed E-state index contributed by atoms with van der Waals surface area (Å²) in [6.45, 7) is 0. The molecule has 0 radical (unpaired) electrons. The van der Waals surface area contributed by atoms with Crippen LogP contribution >= 0.6 is 11.3 Å². The molecule has 1 aromatic heterocycles. The number of aliphatic hydroxyl groups excluding tert-OH is 1. The van der Waals surface area contributed by atoms with E-state index in [0.717, 1.165) is 21.8 Å². The first-order valence-electron chi connectivity index (χ1n) is 6.69. The molecule has 1 atom stereocenters. The molecular formula is C17H15NO2S. The molecule has 21 heavy (non-hydrogen) atoms. The summed E-state index contributed by atoms with van der Waals surface area (Å²) in [5, 5.41) is 22.5. The van der Waals surface area contributed by atoms with E-state index in [2.05, 4.69) is 4.98 Å². The molecule has 0 aliphatic heterocycles. The van der Waals surface area contributed by atoms with Gasteiger partial charge in [0.15, 0.2) is 0 Å². The van der Waals surface area contributed by atoms with E-state index in [4.69, 9.17) is 0 Å². The van der Waals surface area contributed by atoms with E-state index in [1.807, 2.05) is 41.8 Å². The third-order valence-corrected chi connectivity index (χ3v) is 4.17. The van der Waals surface area contributed by atoms with Gasteiger partial charge in [0.1, 0.15) is 10.8 Å². The van der Waals surface area contributed by atoms with Gasteiger partial charge in [0, 0.05) is 17.4 Å². The Hall–Kier alpha value is -2.17. The molecule has 1 unspecified atom stereocenters. The zero-order valence-electron chi connectivity index (χ0n) is 11.3. The molecule has 1 heterocycles. The lowest BCUT2D eigenvalue weighted by Gasteiger charge is -2.08. The summed E-state index contributed by atoms with van der Waals surface area (Å²) >= 11 is 1.52. The Balaban J connectivity index is 1.76. The summed E-state index contributed by atoms with van der Waals surface area (Å²) in [7, 11) is 0. The van der Waals surface area contributed by atoms with Crippen molar-refractivity contribution in [1.82, 2.24) is 4.98 Å². The van der Waals surface area contributed by atoms with E-state index < -0.39 is 6.10 Å². The Bertz CT molecular complexity index is 724. The second-order valence-electron chi connectivity index (χ2n) is 4.82. The Morgan fingerprint density at radius 2 is 1.86 bits per heavy atom. The van der Waals surface area contributed by atoms with Crippen LogP contribution in [0.4, 0.5) is 0 Å². The molecule has 0 spiro atoms. The number of aromatic nitrogens is 1. The molecule has 3 nitrogen and oxygen atoms in total. The predicted molar refractivity (Wildman–Crippen MR) is 84.3 cm³/mol. The third kappa shape index (κ3) is 3.29. The molecule has 0 bridgehead atoms. The fourth-order valence-electron chi connectivity index (χ4n) is 2.16. The number of nitrogens with zero attached hydrogens (tertiary/aromatic N) is 1. The minimum Gasteiger partial charge on any atom is -0.508 e. The van der Waals surface area contributed by atoms with Crippen molar-refractivity contribution >= 4 is 11.3 Å². The van der Waals surface area contributed by atoms with Gasteiger partial charge in [0.2, 0.25) is 0 Å². The Morgan fingerprint density at radius 3 is 2.62 bits per heavy atom. The zero-order valence-corrected chi connectivity index (χ0v) is 12.1. The highest BCUT2D eigenvalue weighted by Gasteiger charge is 2.11. The van der Waals surface area contributed by atoms with E-state index in [9.17, 15) is 10.2 Å². The molecule has 0 aliphatic rings. The number of benzene rings is 2. The molecule has 4 heteroatoms. The van der Waals surface area contributed by atoms with Crippen molar-refractivity contribution in [2.24, 2.45) is 0 Å². The van der Waals surface area contributed by atoms with Gasteiger partial charge in [-0.15, -0.1) is 11.3 Å². The van der Waals surface area contributed by atoms with E-state index in [1.165, 1.54) is 11.3 Å². The summed E-state index contributed by atoms with van der Waals surface area (Å²) in [5.74, 6) is 0.230. The molecule has 2 N–H and O–H groups in total. The molecule has 0 fully saturated rings. The van der Waals surface area contributed by atoms with Crippen molar-refractivity contribution in [3.63, 3.8) is 0 Å². The fraction of sp³-hybridized carbons (Fsp3) is 0.118. The Labute approximate surface area is 127 Å². The molecule has 3 aromatic rings. The van der Waals surface area contributed by atoms with Gasteiger partial charge in [-0.05, 0) is 17.7 Å². The number of thiazole rings is 1. The highest BCUT2D eigenvalue weighted by Crippen LogP contribution is 2.28. The number of phenols is 1. The zero-order chi connectivity index (χ0) is 14.7. The average molecular weight is 297 g/mol. The highest BCUT2D eigenvalue weighted by atomic mass is 32.1. The minimum absolute atomic E-state index is 0.230. The number of aliphatic hydroxyl groups is 1. The molecule has 0 aliphatic carbocycles. The molecule has 106 valence electrons. The second-order valence-corrected chi connectivity index (χ2v) is 5.68. The van der Waals surface area contributed by atoms with E-state index in [-0.39, 0.29) is 5.75 Å². The average Bonchev–Trinajstić information content (AvgIpc) is 2.97. The van der Waals surface area contributed by atoms with E-state index >= 15 is 0 Å².